The Bertz CT molecular complexity index is 921. The summed E-state index contributed by atoms with van der Waals surface area (Å²) in [5, 5.41) is 5.72. The summed E-state index contributed by atoms with van der Waals surface area (Å²) in [6.45, 7) is 2.78. The molecule has 0 bridgehead atoms. The zero-order valence-corrected chi connectivity index (χ0v) is 15.1. The van der Waals surface area contributed by atoms with E-state index in [4.69, 9.17) is 0 Å². The number of benzene rings is 2. The molecule has 27 heavy (non-hydrogen) atoms. The van der Waals surface area contributed by atoms with Crippen LogP contribution in [-0.2, 0) is 27.3 Å². The molecule has 1 atom stereocenters. The number of anilines is 2. The highest BCUT2D eigenvalue weighted by atomic mass is 16.2. The van der Waals surface area contributed by atoms with Crippen LogP contribution in [0.3, 0.4) is 0 Å². The Hall–Kier alpha value is -3.15. The smallest absolute Gasteiger partial charge is 0.228 e. The summed E-state index contributed by atoms with van der Waals surface area (Å²) >= 11 is 0. The lowest BCUT2D eigenvalue weighted by Crippen LogP contribution is -2.32. The number of carbonyl (C=O) groups is 3. The maximum absolute atomic E-state index is 12.5. The van der Waals surface area contributed by atoms with E-state index >= 15 is 0 Å². The maximum atomic E-state index is 12.5. The van der Waals surface area contributed by atoms with Crippen LogP contribution in [-0.4, -0.2) is 24.3 Å². The van der Waals surface area contributed by atoms with Crippen molar-refractivity contribution in [2.75, 3.05) is 16.8 Å². The van der Waals surface area contributed by atoms with Gasteiger partial charge in [-0.05, 0) is 36.2 Å². The Morgan fingerprint density at radius 3 is 2.74 bits per heavy atom. The van der Waals surface area contributed by atoms with Gasteiger partial charge in [0.2, 0.25) is 17.7 Å². The summed E-state index contributed by atoms with van der Waals surface area (Å²) in [7, 11) is 0. The van der Waals surface area contributed by atoms with Gasteiger partial charge in [-0.2, -0.15) is 0 Å². The number of fused-ring (bicyclic) bond motifs is 1. The quantitative estimate of drug-likeness (QED) is 0.874. The Labute approximate surface area is 157 Å². The summed E-state index contributed by atoms with van der Waals surface area (Å²) in [5.41, 5.74) is 4.69. The van der Waals surface area contributed by atoms with Gasteiger partial charge in [-0.1, -0.05) is 29.8 Å². The summed E-state index contributed by atoms with van der Waals surface area (Å²) in [6, 6.07) is 13.4. The van der Waals surface area contributed by atoms with Crippen molar-refractivity contribution in [2.24, 2.45) is 5.92 Å². The first-order valence-corrected chi connectivity index (χ1v) is 9.06. The van der Waals surface area contributed by atoms with Gasteiger partial charge >= 0.3 is 0 Å². The molecule has 2 aromatic rings. The maximum Gasteiger partial charge on any atom is 0.228 e. The number of hydrogen-bond donors (Lipinski definition) is 2. The summed E-state index contributed by atoms with van der Waals surface area (Å²) in [5.74, 6) is -0.503. The van der Waals surface area contributed by atoms with Gasteiger partial charge in [-0.15, -0.1) is 0 Å². The van der Waals surface area contributed by atoms with E-state index in [1.54, 1.807) is 4.90 Å². The third-order valence-electron chi connectivity index (χ3n) is 5.10. The van der Waals surface area contributed by atoms with Gasteiger partial charge in [0.1, 0.15) is 0 Å². The van der Waals surface area contributed by atoms with E-state index in [9.17, 15) is 14.4 Å². The molecule has 1 fully saturated rings. The molecule has 0 radical (unpaired) electrons. The van der Waals surface area contributed by atoms with Gasteiger partial charge in [0.05, 0.1) is 12.3 Å². The molecule has 2 aromatic carbocycles. The number of nitrogens with zero attached hydrogens (tertiary/aromatic N) is 1. The molecule has 2 aliphatic rings. The fourth-order valence-electron chi connectivity index (χ4n) is 3.58. The number of aryl methyl sites for hydroxylation is 1. The lowest BCUT2D eigenvalue weighted by Gasteiger charge is -2.17. The number of nitrogens with one attached hydrogen (secondary N) is 2. The van der Waals surface area contributed by atoms with Crippen LogP contribution in [0.15, 0.2) is 42.5 Å². The van der Waals surface area contributed by atoms with Crippen LogP contribution < -0.4 is 15.5 Å². The minimum absolute atomic E-state index is 0.00755. The molecule has 2 aliphatic heterocycles. The topological polar surface area (TPSA) is 78.5 Å². The van der Waals surface area contributed by atoms with Gasteiger partial charge in [-0.25, -0.2) is 0 Å². The van der Waals surface area contributed by atoms with Crippen molar-refractivity contribution in [3.63, 3.8) is 0 Å². The van der Waals surface area contributed by atoms with Crippen LogP contribution in [0.5, 0.6) is 0 Å². The second-order valence-corrected chi connectivity index (χ2v) is 7.18. The first-order valence-electron chi connectivity index (χ1n) is 9.06. The molecule has 0 saturated carbocycles. The van der Waals surface area contributed by atoms with Crippen LogP contribution in [0, 0.1) is 12.8 Å². The van der Waals surface area contributed by atoms with Crippen molar-refractivity contribution in [2.45, 2.75) is 26.3 Å². The number of carbonyl (C=O) groups excluding carboxylic acids is 3. The van der Waals surface area contributed by atoms with Crippen LogP contribution in [0.1, 0.15) is 23.1 Å². The molecule has 0 unspecified atom stereocenters. The van der Waals surface area contributed by atoms with Crippen molar-refractivity contribution in [1.82, 2.24) is 5.32 Å². The molecule has 4 rings (SSSR count). The summed E-state index contributed by atoms with van der Waals surface area (Å²) < 4.78 is 0. The van der Waals surface area contributed by atoms with Crippen LogP contribution in [0.2, 0.25) is 0 Å². The highest BCUT2D eigenvalue weighted by Crippen LogP contribution is 2.26. The predicted octanol–water partition coefficient (Wildman–Crippen LogP) is 2.16. The van der Waals surface area contributed by atoms with Gasteiger partial charge in [0, 0.05) is 30.9 Å². The van der Waals surface area contributed by atoms with Gasteiger partial charge in [0.25, 0.3) is 0 Å². The lowest BCUT2D eigenvalue weighted by molar-refractivity contribution is -0.126. The minimum atomic E-state index is -0.350. The van der Waals surface area contributed by atoms with Crippen LogP contribution in [0.25, 0.3) is 0 Å². The molecule has 0 aromatic heterocycles. The van der Waals surface area contributed by atoms with Crippen molar-refractivity contribution in [3.05, 3.63) is 59.2 Å². The van der Waals surface area contributed by atoms with E-state index in [-0.39, 0.29) is 30.1 Å². The Morgan fingerprint density at radius 2 is 1.96 bits per heavy atom. The molecule has 1 saturated heterocycles. The molecule has 2 N–H and O–H groups in total. The Kier molecular flexibility index (Phi) is 4.39. The van der Waals surface area contributed by atoms with Gasteiger partial charge in [0.15, 0.2) is 0 Å². The minimum Gasteiger partial charge on any atom is -0.352 e. The average Bonchev–Trinajstić information content (AvgIpc) is 3.21. The first-order chi connectivity index (χ1) is 13.0. The fourth-order valence-corrected chi connectivity index (χ4v) is 3.58. The van der Waals surface area contributed by atoms with Crippen LogP contribution >= 0.6 is 0 Å². The molecule has 0 aliphatic carbocycles. The van der Waals surface area contributed by atoms with Crippen LogP contribution in [0.4, 0.5) is 11.4 Å². The molecule has 138 valence electrons. The molecule has 6 nitrogen and oxygen atoms in total. The Balaban J connectivity index is 1.36. The largest absolute Gasteiger partial charge is 0.352 e. The van der Waals surface area contributed by atoms with E-state index in [0.29, 0.717) is 19.5 Å². The van der Waals surface area contributed by atoms with Crippen molar-refractivity contribution < 1.29 is 14.4 Å². The number of hydrogen-bond acceptors (Lipinski definition) is 3. The second kappa shape index (κ2) is 6.87. The van der Waals surface area contributed by atoms with Crippen molar-refractivity contribution >= 4 is 29.1 Å². The van der Waals surface area contributed by atoms with Crippen molar-refractivity contribution in [3.8, 4) is 0 Å². The average molecular weight is 363 g/mol. The summed E-state index contributed by atoms with van der Waals surface area (Å²) in [6.07, 6.45) is 0.599. The van der Waals surface area contributed by atoms with E-state index in [1.165, 1.54) is 0 Å². The lowest BCUT2D eigenvalue weighted by atomic mass is 10.1. The molecule has 2 heterocycles. The van der Waals surface area contributed by atoms with E-state index in [1.807, 2.05) is 49.4 Å². The molecular weight excluding hydrogens is 342 g/mol. The van der Waals surface area contributed by atoms with Crippen molar-refractivity contribution in [1.29, 1.82) is 0 Å². The predicted molar refractivity (Wildman–Crippen MR) is 102 cm³/mol. The van der Waals surface area contributed by atoms with Gasteiger partial charge in [-0.3, -0.25) is 14.4 Å². The molecular formula is C21H21N3O3. The molecule has 0 spiro atoms. The third kappa shape index (κ3) is 3.56. The fraction of sp³-hybridized carbons (Fsp3) is 0.286. The first kappa shape index (κ1) is 17.3. The Morgan fingerprint density at radius 1 is 1.19 bits per heavy atom. The molecule has 6 heteroatoms. The standard InChI is InChI=1S/C21H21N3O3/c1-13-2-5-17(6-3-13)24-12-16(10-20(24)26)21(27)22-11-14-4-7-18-15(8-14)9-19(25)23-18/h2-8,16H,9-12H2,1H3,(H,22,27)(H,23,25)/t16-/m0/s1. The SMILES string of the molecule is Cc1ccc(N2C[C@@H](C(=O)NCc3ccc4c(c3)CC(=O)N4)CC2=O)cc1. The third-order valence-corrected chi connectivity index (χ3v) is 5.10. The zero-order valence-electron chi connectivity index (χ0n) is 15.1. The monoisotopic (exact) mass is 363 g/mol. The number of amides is 3. The highest BCUT2D eigenvalue weighted by molar-refractivity contribution is 6.00. The normalized spacial score (nSPS) is 18.4. The number of rotatable bonds is 4. The van der Waals surface area contributed by atoms with E-state index in [2.05, 4.69) is 10.6 Å². The molecule has 3 amide bonds. The van der Waals surface area contributed by atoms with Gasteiger partial charge < -0.3 is 15.5 Å². The second-order valence-electron chi connectivity index (χ2n) is 7.18. The highest BCUT2D eigenvalue weighted by Gasteiger charge is 2.35. The summed E-state index contributed by atoms with van der Waals surface area (Å²) in [4.78, 5) is 37.9. The van der Waals surface area contributed by atoms with E-state index < -0.39 is 0 Å². The van der Waals surface area contributed by atoms with E-state index in [0.717, 1.165) is 28.1 Å². The zero-order chi connectivity index (χ0) is 19.0.